The molecule has 0 saturated heterocycles. The first-order valence-electron chi connectivity index (χ1n) is 9.50. The van der Waals surface area contributed by atoms with Gasteiger partial charge in [-0.25, -0.2) is 8.42 Å². The number of rotatable bonds is 7. The minimum Gasteiger partial charge on any atom is -0.412 e. The summed E-state index contributed by atoms with van der Waals surface area (Å²) in [5.41, 5.74) is 1.05. The lowest BCUT2D eigenvalue weighted by Gasteiger charge is -2.36. The molecule has 0 amide bonds. The number of hydrogen-bond donors (Lipinski definition) is 0. The maximum Gasteiger partial charge on any atom is 0.234 e. The summed E-state index contributed by atoms with van der Waals surface area (Å²) in [5.74, 6) is 0.266. The van der Waals surface area contributed by atoms with Gasteiger partial charge in [-0.05, 0) is 49.2 Å². The van der Waals surface area contributed by atoms with Gasteiger partial charge in [-0.3, -0.25) is 0 Å². The summed E-state index contributed by atoms with van der Waals surface area (Å²) in [7, 11) is -4.34. The minimum absolute atomic E-state index is 0.150. The van der Waals surface area contributed by atoms with Crippen molar-refractivity contribution < 1.29 is 12.8 Å². The fourth-order valence-corrected chi connectivity index (χ4v) is 7.88. The predicted molar refractivity (Wildman–Crippen MR) is 125 cm³/mol. The van der Waals surface area contributed by atoms with Crippen LogP contribution in [0.1, 0.15) is 55.9 Å². The fourth-order valence-electron chi connectivity index (χ4n) is 2.32. The van der Waals surface area contributed by atoms with Crippen LogP contribution >= 0.6 is 22.1 Å². The number of thiophene rings is 1. The lowest BCUT2D eigenvalue weighted by Crippen LogP contribution is -2.40. The molecule has 3 nitrogen and oxygen atoms in total. The van der Waals surface area contributed by atoms with Crippen molar-refractivity contribution in [1.29, 1.82) is 0 Å². The quantitative estimate of drug-likeness (QED) is 0.327. The lowest BCUT2D eigenvalue weighted by molar-refractivity contribution is 0.279. The van der Waals surface area contributed by atoms with Gasteiger partial charge in [0.25, 0.3) is 0 Å². The Labute approximate surface area is 179 Å². The van der Waals surface area contributed by atoms with E-state index in [1.165, 1.54) is 0 Å². The molecule has 0 N–H and O–H groups in total. The summed E-state index contributed by atoms with van der Waals surface area (Å²) >= 11 is 1.67. The van der Waals surface area contributed by atoms with Crippen LogP contribution in [0.25, 0.3) is 0 Å². The summed E-state index contributed by atoms with van der Waals surface area (Å²) in [6, 6.07) is 9.04. The smallest absolute Gasteiger partial charge is 0.234 e. The Morgan fingerprint density at radius 2 is 1.71 bits per heavy atom. The molecule has 0 fully saturated rings. The van der Waals surface area contributed by atoms with E-state index in [0.29, 0.717) is 11.5 Å². The minimum atomic E-state index is -3.45. The highest BCUT2D eigenvalue weighted by atomic mass is 33.1. The molecule has 28 heavy (non-hydrogen) atoms. The van der Waals surface area contributed by atoms with Crippen molar-refractivity contribution in [3.05, 3.63) is 45.6 Å². The fraction of sp³-hybridized carbons (Fsp3) is 0.524. The topological polar surface area (TPSA) is 43.4 Å². The first-order valence-corrected chi connectivity index (χ1v) is 16.0. The molecule has 0 saturated carbocycles. The Morgan fingerprint density at radius 3 is 2.21 bits per heavy atom. The average molecular weight is 457 g/mol. The summed E-state index contributed by atoms with van der Waals surface area (Å²) in [5, 5.41) is 0.150. The van der Waals surface area contributed by atoms with Crippen LogP contribution in [-0.2, 0) is 19.9 Å². The Morgan fingerprint density at radius 1 is 1.14 bits per heavy atom. The zero-order valence-electron chi connectivity index (χ0n) is 18.1. The highest BCUT2D eigenvalue weighted by Crippen LogP contribution is 2.42. The van der Waals surface area contributed by atoms with Gasteiger partial charge in [-0.1, -0.05) is 52.3 Å². The van der Waals surface area contributed by atoms with E-state index in [-0.39, 0.29) is 11.0 Å². The molecule has 1 heterocycles. The zero-order chi connectivity index (χ0) is 21.3. The van der Waals surface area contributed by atoms with Gasteiger partial charge in [0, 0.05) is 25.4 Å². The second-order valence-electron chi connectivity index (χ2n) is 9.00. The normalized spacial score (nSPS) is 13.3. The van der Waals surface area contributed by atoms with Gasteiger partial charge in [0.15, 0.2) is 8.32 Å². The molecule has 0 spiro atoms. The third kappa shape index (κ3) is 5.72. The molecule has 0 radical (unpaired) electrons. The number of benzene rings is 1. The highest BCUT2D eigenvalue weighted by Gasteiger charge is 2.37. The number of aryl methyl sites for hydroxylation is 1. The van der Waals surface area contributed by atoms with E-state index in [4.69, 9.17) is 4.43 Å². The number of hydrogen-bond acceptors (Lipinski definition) is 5. The summed E-state index contributed by atoms with van der Waals surface area (Å²) in [6.45, 7) is 17.9. The maximum atomic E-state index is 12.9. The Kier molecular flexibility index (Phi) is 7.30. The predicted octanol–water partition coefficient (Wildman–Crippen LogP) is 7.18. The van der Waals surface area contributed by atoms with Crippen molar-refractivity contribution in [3.63, 3.8) is 0 Å². The van der Waals surface area contributed by atoms with Crippen LogP contribution in [0.5, 0.6) is 0 Å². The van der Waals surface area contributed by atoms with Gasteiger partial charge in [0.05, 0.1) is 11.5 Å². The van der Waals surface area contributed by atoms with Crippen LogP contribution in [0.3, 0.4) is 0 Å². The van der Waals surface area contributed by atoms with E-state index in [0.717, 1.165) is 31.0 Å². The SMILES string of the molecule is Cc1ccc(S(=O)(=O)Sc2cc(CO[Si](C)(C)C(C)(C)C)sc2C(C)C)cc1. The van der Waals surface area contributed by atoms with Crippen LogP contribution in [-0.4, -0.2) is 16.7 Å². The van der Waals surface area contributed by atoms with Crippen molar-refractivity contribution in [2.24, 2.45) is 0 Å². The second kappa shape index (κ2) is 8.64. The Balaban J connectivity index is 2.26. The Hall–Kier alpha value is -0.603. The van der Waals surface area contributed by atoms with Crippen LogP contribution < -0.4 is 0 Å². The molecule has 0 atom stereocenters. The zero-order valence-corrected chi connectivity index (χ0v) is 21.6. The molecular weight excluding hydrogens is 425 g/mol. The van der Waals surface area contributed by atoms with Crippen LogP contribution in [0, 0.1) is 6.92 Å². The van der Waals surface area contributed by atoms with Gasteiger partial charge in [0.1, 0.15) is 0 Å². The second-order valence-corrected chi connectivity index (χ2v) is 18.8. The first kappa shape index (κ1) is 23.7. The van der Waals surface area contributed by atoms with Gasteiger partial charge in [-0.15, -0.1) is 11.3 Å². The van der Waals surface area contributed by atoms with Crippen molar-refractivity contribution in [3.8, 4) is 0 Å². The van der Waals surface area contributed by atoms with Crippen molar-refractivity contribution in [2.45, 2.75) is 82.0 Å². The molecule has 0 aliphatic carbocycles. The Bertz CT molecular complexity index is 905. The molecular formula is C21H32O3S3Si. The molecule has 1 aromatic carbocycles. The van der Waals surface area contributed by atoms with E-state index in [9.17, 15) is 8.42 Å². The van der Waals surface area contributed by atoms with E-state index in [2.05, 4.69) is 47.7 Å². The van der Waals surface area contributed by atoms with Gasteiger partial charge >= 0.3 is 0 Å². The molecule has 2 rings (SSSR count). The molecule has 0 bridgehead atoms. The molecule has 7 heteroatoms. The summed E-state index contributed by atoms with van der Waals surface area (Å²) < 4.78 is 32.1. The molecule has 2 aromatic rings. The van der Waals surface area contributed by atoms with E-state index < -0.39 is 17.2 Å². The maximum absolute atomic E-state index is 12.9. The van der Waals surface area contributed by atoms with E-state index in [1.54, 1.807) is 23.5 Å². The van der Waals surface area contributed by atoms with E-state index in [1.807, 2.05) is 25.1 Å². The standard InChI is InChI=1S/C21H32O3S3Si/c1-15(2)20-19(26-27(22,23)18-11-9-16(3)10-12-18)13-17(25-20)14-24-28(7,8)21(4,5)6/h9-13,15H,14H2,1-8H3. The van der Waals surface area contributed by atoms with Crippen LogP contribution in [0.2, 0.25) is 18.1 Å². The molecule has 0 unspecified atom stereocenters. The van der Waals surface area contributed by atoms with Gasteiger partial charge in [-0.2, -0.15) is 0 Å². The van der Waals surface area contributed by atoms with Crippen molar-refractivity contribution in [1.82, 2.24) is 0 Å². The molecule has 1 aromatic heterocycles. The van der Waals surface area contributed by atoms with Crippen molar-refractivity contribution in [2.75, 3.05) is 0 Å². The average Bonchev–Trinajstić information content (AvgIpc) is 2.95. The third-order valence-corrected chi connectivity index (χ3v) is 14.6. The van der Waals surface area contributed by atoms with E-state index >= 15 is 0 Å². The first-order chi connectivity index (χ1) is 12.7. The van der Waals surface area contributed by atoms with Crippen LogP contribution in [0.4, 0.5) is 0 Å². The summed E-state index contributed by atoms with van der Waals surface area (Å²) in [6.07, 6.45) is 0. The highest BCUT2D eigenvalue weighted by molar-refractivity contribution is 8.72. The molecule has 156 valence electrons. The van der Waals surface area contributed by atoms with Gasteiger partial charge in [0.2, 0.25) is 8.87 Å². The van der Waals surface area contributed by atoms with Crippen LogP contribution in [0.15, 0.2) is 40.1 Å². The van der Waals surface area contributed by atoms with Gasteiger partial charge < -0.3 is 4.43 Å². The largest absolute Gasteiger partial charge is 0.412 e. The monoisotopic (exact) mass is 456 g/mol. The third-order valence-electron chi connectivity index (χ3n) is 5.19. The van der Waals surface area contributed by atoms with Crippen molar-refractivity contribution >= 4 is 39.3 Å². The molecule has 0 aliphatic rings. The summed E-state index contributed by atoms with van der Waals surface area (Å²) in [4.78, 5) is 3.38. The lowest BCUT2D eigenvalue weighted by atomic mass is 10.2. The molecule has 0 aliphatic heterocycles.